The van der Waals surface area contributed by atoms with Crippen LogP contribution >= 0.6 is 0 Å². The SMILES string of the molecule is COc1ccccc1[C@@]1(O)C[C@@H](c2ccc(C)cc2)N[C@@H](c2ccc(C)cc2)[C@H]1C. The Morgan fingerprint density at radius 1 is 0.867 bits per heavy atom. The van der Waals surface area contributed by atoms with E-state index in [4.69, 9.17) is 4.74 Å². The molecule has 4 atom stereocenters. The summed E-state index contributed by atoms with van der Waals surface area (Å²) in [6.07, 6.45) is 0.583. The van der Waals surface area contributed by atoms with Gasteiger partial charge >= 0.3 is 0 Å². The Labute approximate surface area is 179 Å². The summed E-state index contributed by atoms with van der Waals surface area (Å²) in [5.41, 5.74) is 4.69. The summed E-state index contributed by atoms with van der Waals surface area (Å²) in [4.78, 5) is 0. The van der Waals surface area contributed by atoms with E-state index >= 15 is 0 Å². The zero-order valence-corrected chi connectivity index (χ0v) is 18.2. The second-order valence-electron chi connectivity index (χ2n) is 8.64. The van der Waals surface area contributed by atoms with Crippen molar-refractivity contribution < 1.29 is 9.84 Å². The lowest BCUT2D eigenvalue weighted by Crippen LogP contribution is -2.50. The first kappa shape index (κ1) is 20.6. The molecule has 2 N–H and O–H groups in total. The fraction of sp³-hybridized carbons (Fsp3) is 0.333. The van der Waals surface area contributed by atoms with Crippen molar-refractivity contribution >= 4 is 0 Å². The number of para-hydroxylation sites is 1. The fourth-order valence-corrected chi connectivity index (χ4v) is 4.72. The van der Waals surface area contributed by atoms with Gasteiger partial charge in [-0.2, -0.15) is 0 Å². The number of methoxy groups -OCH3 is 1. The minimum atomic E-state index is -1.02. The van der Waals surface area contributed by atoms with Gasteiger partial charge in [-0.25, -0.2) is 0 Å². The Morgan fingerprint density at radius 2 is 1.43 bits per heavy atom. The van der Waals surface area contributed by atoms with E-state index in [0.717, 1.165) is 11.3 Å². The number of hydrogen-bond donors (Lipinski definition) is 2. The van der Waals surface area contributed by atoms with E-state index in [1.54, 1.807) is 7.11 Å². The molecular weight excluding hydrogens is 370 g/mol. The van der Waals surface area contributed by atoms with Gasteiger partial charge in [0.25, 0.3) is 0 Å². The van der Waals surface area contributed by atoms with Gasteiger partial charge in [-0.3, -0.25) is 0 Å². The molecule has 1 saturated heterocycles. The molecule has 1 aliphatic heterocycles. The van der Waals surface area contributed by atoms with Gasteiger partial charge in [-0.1, -0.05) is 84.8 Å². The topological polar surface area (TPSA) is 41.5 Å². The number of aryl methyl sites for hydroxylation is 2. The highest BCUT2D eigenvalue weighted by atomic mass is 16.5. The van der Waals surface area contributed by atoms with Crippen molar-refractivity contribution in [3.8, 4) is 5.75 Å². The van der Waals surface area contributed by atoms with Crippen LogP contribution in [0.4, 0.5) is 0 Å². The van der Waals surface area contributed by atoms with Crippen LogP contribution in [-0.4, -0.2) is 12.2 Å². The van der Waals surface area contributed by atoms with Crippen LogP contribution in [-0.2, 0) is 5.60 Å². The summed E-state index contributed by atoms with van der Waals surface area (Å²) < 4.78 is 5.65. The molecule has 3 aromatic rings. The number of aliphatic hydroxyl groups is 1. The van der Waals surface area contributed by atoms with Gasteiger partial charge in [-0.15, -0.1) is 0 Å². The van der Waals surface area contributed by atoms with Crippen LogP contribution in [0.15, 0.2) is 72.8 Å². The maximum Gasteiger partial charge on any atom is 0.124 e. The molecule has 0 spiro atoms. The third kappa shape index (κ3) is 3.76. The highest BCUT2D eigenvalue weighted by molar-refractivity contribution is 5.41. The largest absolute Gasteiger partial charge is 0.496 e. The molecule has 0 aromatic heterocycles. The molecule has 0 aliphatic carbocycles. The van der Waals surface area contributed by atoms with Gasteiger partial charge in [-0.05, 0) is 31.0 Å². The minimum absolute atomic E-state index is 0.0144. The van der Waals surface area contributed by atoms with Crippen LogP contribution < -0.4 is 10.1 Å². The summed E-state index contributed by atoms with van der Waals surface area (Å²) in [7, 11) is 1.67. The van der Waals surface area contributed by atoms with Crippen LogP contribution in [0.2, 0.25) is 0 Å². The van der Waals surface area contributed by atoms with Gasteiger partial charge in [0.05, 0.1) is 12.7 Å². The molecule has 3 heteroatoms. The van der Waals surface area contributed by atoms with Crippen LogP contribution in [0.25, 0.3) is 0 Å². The van der Waals surface area contributed by atoms with E-state index in [9.17, 15) is 5.11 Å². The zero-order valence-electron chi connectivity index (χ0n) is 18.2. The van der Waals surface area contributed by atoms with Crippen LogP contribution in [0, 0.1) is 19.8 Å². The number of hydrogen-bond acceptors (Lipinski definition) is 3. The Bertz CT molecular complexity index is 996. The second-order valence-corrected chi connectivity index (χ2v) is 8.64. The normalized spacial score (nSPS) is 26.4. The molecule has 1 fully saturated rings. The first-order valence-electron chi connectivity index (χ1n) is 10.7. The molecule has 3 nitrogen and oxygen atoms in total. The summed E-state index contributed by atoms with van der Waals surface area (Å²) in [5, 5.41) is 16.0. The molecule has 0 unspecified atom stereocenters. The molecule has 3 aromatic carbocycles. The lowest BCUT2D eigenvalue weighted by molar-refractivity contribution is -0.0755. The number of rotatable bonds is 4. The fourth-order valence-electron chi connectivity index (χ4n) is 4.72. The average molecular weight is 402 g/mol. The predicted octanol–water partition coefficient (Wildman–Crippen LogP) is 5.61. The van der Waals surface area contributed by atoms with Gasteiger partial charge < -0.3 is 15.2 Å². The van der Waals surface area contributed by atoms with E-state index < -0.39 is 5.60 Å². The Balaban J connectivity index is 1.81. The molecule has 0 radical (unpaired) electrons. The number of piperidine rings is 1. The lowest BCUT2D eigenvalue weighted by atomic mass is 9.68. The van der Waals surface area contributed by atoms with Crippen molar-refractivity contribution in [2.24, 2.45) is 5.92 Å². The van der Waals surface area contributed by atoms with Crippen molar-refractivity contribution in [1.82, 2.24) is 5.32 Å². The monoisotopic (exact) mass is 401 g/mol. The van der Waals surface area contributed by atoms with E-state index in [0.29, 0.717) is 6.42 Å². The van der Waals surface area contributed by atoms with Crippen LogP contribution in [0.3, 0.4) is 0 Å². The number of ether oxygens (including phenoxy) is 1. The van der Waals surface area contributed by atoms with E-state index in [1.807, 2.05) is 24.3 Å². The van der Waals surface area contributed by atoms with Crippen molar-refractivity contribution in [2.45, 2.75) is 44.9 Å². The van der Waals surface area contributed by atoms with Crippen molar-refractivity contribution in [3.63, 3.8) is 0 Å². The summed E-state index contributed by atoms with van der Waals surface area (Å²) in [5.74, 6) is 0.692. The summed E-state index contributed by atoms with van der Waals surface area (Å²) in [6, 6.07) is 25.1. The Hall–Kier alpha value is -2.62. The standard InChI is InChI=1S/C27H31NO2/c1-18-9-13-21(14-10-18)24-17-27(29,23-7-5-6-8-25(23)30-4)20(3)26(28-24)22-15-11-19(2)12-16-22/h5-16,20,24,26,28-29H,17H2,1-4H3/t20-,24+,26-,27-/m1/s1. The highest BCUT2D eigenvalue weighted by Crippen LogP contribution is 2.50. The first-order chi connectivity index (χ1) is 14.4. The molecular formula is C27H31NO2. The third-order valence-corrected chi connectivity index (χ3v) is 6.64. The van der Waals surface area contributed by atoms with E-state index in [2.05, 4.69) is 74.6 Å². The van der Waals surface area contributed by atoms with Gasteiger partial charge in [0.2, 0.25) is 0 Å². The molecule has 1 heterocycles. The second kappa shape index (κ2) is 8.25. The van der Waals surface area contributed by atoms with Crippen LogP contribution in [0.1, 0.15) is 53.2 Å². The maximum atomic E-state index is 12.2. The van der Waals surface area contributed by atoms with Gasteiger partial charge in [0, 0.05) is 30.0 Å². The van der Waals surface area contributed by atoms with Crippen LogP contribution in [0.5, 0.6) is 5.75 Å². The van der Waals surface area contributed by atoms with Gasteiger partial charge in [0.15, 0.2) is 0 Å². The highest BCUT2D eigenvalue weighted by Gasteiger charge is 2.48. The molecule has 4 rings (SSSR count). The molecule has 0 bridgehead atoms. The van der Waals surface area contributed by atoms with Crippen molar-refractivity contribution in [2.75, 3.05) is 7.11 Å². The molecule has 0 amide bonds. The maximum absolute atomic E-state index is 12.2. The quantitative estimate of drug-likeness (QED) is 0.597. The third-order valence-electron chi connectivity index (χ3n) is 6.64. The number of nitrogens with one attached hydrogen (secondary N) is 1. The molecule has 30 heavy (non-hydrogen) atoms. The minimum Gasteiger partial charge on any atom is -0.496 e. The summed E-state index contributed by atoms with van der Waals surface area (Å²) in [6.45, 7) is 6.33. The molecule has 156 valence electrons. The first-order valence-corrected chi connectivity index (χ1v) is 10.7. The van der Waals surface area contributed by atoms with Gasteiger partial charge in [0.1, 0.15) is 5.75 Å². The van der Waals surface area contributed by atoms with E-state index in [1.165, 1.54) is 22.3 Å². The Morgan fingerprint density at radius 3 is 2.03 bits per heavy atom. The zero-order chi connectivity index (χ0) is 21.3. The average Bonchev–Trinajstić information content (AvgIpc) is 2.77. The number of benzene rings is 3. The summed E-state index contributed by atoms with van der Waals surface area (Å²) >= 11 is 0. The van der Waals surface area contributed by atoms with E-state index in [-0.39, 0.29) is 18.0 Å². The molecule has 1 aliphatic rings. The smallest absolute Gasteiger partial charge is 0.124 e. The Kier molecular flexibility index (Phi) is 5.68. The van der Waals surface area contributed by atoms with Crippen molar-refractivity contribution in [3.05, 3.63) is 101 Å². The molecule has 0 saturated carbocycles. The van der Waals surface area contributed by atoms with Crippen molar-refractivity contribution in [1.29, 1.82) is 0 Å². The predicted molar refractivity (Wildman–Crippen MR) is 122 cm³/mol. The lowest BCUT2D eigenvalue weighted by Gasteiger charge is -2.48.